The molecule has 0 spiro atoms. The van der Waals surface area contributed by atoms with Crippen molar-refractivity contribution in [2.24, 2.45) is 17.6 Å². The van der Waals surface area contributed by atoms with Crippen molar-refractivity contribution >= 4 is 11.9 Å². The molecule has 5 nitrogen and oxygen atoms in total. The Morgan fingerprint density at radius 1 is 1.23 bits per heavy atom. The molecule has 1 fully saturated rings. The van der Waals surface area contributed by atoms with E-state index in [0.717, 1.165) is 0 Å². The lowest BCUT2D eigenvalue weighted by atomic mass is 9.83. The molecule has 4 atom stereocenters. The Bertz CT molecular complexity index is 271. The van der Waals surface area contributed by atoms with Crippen LogP contribution in [0.5, 0.6) is 0 Å². The summed E-state index contributed by atoms with van der Waals surface area (Å²) in [6, 6.07) is 0. The molecule has 70 valence electrons. The lowest BCUT2D eigenvalue weighted by Crippen LogP contribution is -2.39. The molecule has 0 aromatic carbocycles. The monoisotopic (exact) mass is 183 g/mol. The number of hydrogen-bond acceptors (Lipinski definition) is 3. The van der Waals surface area contributed by atoms with Crippen molar-refractivity contribution < 1.29 is 19.4 Å². The second-order valence-electron chi connectivity index (χ2n) is 3.24. The van der Waals surface area contributed by atoms with E-state index < -0.39 is 35.9 Å². The van der Waals surface area contributed by atoms with Gasteiger partial charge in [0.15, 0.2) is 0 Å². The molecule has 2 heterocycles. The molecule has 0 aliphatic carbocycles. The van der Waals surface area contributed by atoms with Crippen LogP contribution in [0.3, 0.4) is 0 Å². The number of carboxylic acid groups (broad SMARTS) is 1. The lowest BCUT2D eigenvalue weighted by Gasteiger charge is -2.17. The number of rotatable bonds is 2. The number of primary amides is 1. The van der Waals surface area contributed by atoms with E-state index in [-0.39, 0.29) is 0 Å². The van der Waals surface area contributed by atoms with E-state index in [9.17, 15) is 9.59 Å². The van der Waals surface area contributed by atoms with Crippen molar-refractivity contribution in [2.45, 2.75) is 12.2 Å². The highest BCUT2D eigenvalue weighted by Crippen LogP contribution is 2.38. The van der Waals surface area contributed by atoms with E-state index in [0.29, 0.717) is 0 Å². The summed E-state index contributed by atoms with van der Waals surface area (Å²) in [6.07, 6.45) is 2.44. The summed E-state index contributed by atoms with van der Waals surface area (Å²) >= 11 is 0. The summed E-state index contributed by atoms with van der Waals surface area (Å²) in [5.41, 5.74) is 5.10. The minimum Gasteiger partial charge on any atom is -0.481 e. The number of nitrogens with two attached hydrogens (primary N) is 1. The molecule has 2 aliphatic heterocycles. The largest absolute Gasteiger partial charge is 0.481 e. The summed E-state index contributed by atoms with van der Waals surface area (Å²) in [5, 5.41) is 8.83. The number of fused-ring (bicyclic) bond motifs is 2. The van der Waals surface area contributed by atoms with Gasteiger partial charge in [0, 0.05) is 0 Å². The number of aliphatic carboxylic acids is 1. The SMILES string of the molecule is NC(=O)C1C(C(=O)O)[C@H]2C=C[C@@H]1O2. The van der Waals surface area contributed by atoms with E-state index in [2.05, 4.69) is 0 Å². The lowest BCUT2D eigenvalue weighted by molar-refractivity contribution is -0.146. The van der Waals surface area contributed by atoms with E-state index in [4.69, 9.17) is 15.6 Å². The summed E-state index contributed by atoms with van der Waals surface area (Å²) in [7, 11) is 0. The summed E-state index contributed by atoms with van der Waals surface area (Å²) in [5.74, 6) is -3.16. The highest BCUT2D eigenvalue weighted by atomic mass is 16.5. The van der Waals surface area contributed by atoms with Gasteiger partial charge < -0.3 is 15.6 Å². The number of hydrogen-bond donors (Lipinski definition) is 2. The van der Waals surface area contributed by atoms with Crippen LogP contribution in [-0.2, 0) is 14.3 Å². The van der Waals surface area contributed by atoms with Gasteiger partial charge in [-0.15, -0.1) is 0 Å². The van der Waals surface area contributed by atoms with Crippen molar-refractivity contribution in [3.8, 4) is 0 Å². The van der Waals surface area contributed by atoms with Crippen LogP contribution in [0.1, 0.15) is 0 Å². The number of carbonyl (C=O) groups is 2. The first-order chi connectivity index (χ1) is 6.11. The fourth-order valence-corrected chi connectivity index (χ4v) is 1.94. The number of carboxylic acids is 1. The van der Waals surface area contributed by atoms with Gasteiger partial charge in [0.25, 0.3) is 0 Å². The second-order valence-corrected chi connectivity index (χ2v) is 3.24. The first kappa shape index (κ1) is 8.25. The number of amides is 1. The molecule has 5 heteroatoms. The van der Waals surface area contributed by atoms with Gasteiger partial charge in [-0.2, -0.15) is 0 Å². The van der Waals surface area contributed by atoms with E-state index in [1.54, 1.807) is 12.2 Å². The van der Waals surface area contributed by atoms with Crippen molar-refractivity contribution in [3.63, 3.8) is 0 Å². The van der Waals surface area contributed by atoms with Gasteiger partial charge in [-0.25, -0.2) is 0 Å². The predicted molar refractivity (Wildman–Crippen MR) is 41.6 cm³/mol. The highest BCUT2D eigenvalue weighted by molar-refractivity contribution is 5.86. The smallest absolute Gasteiger partial charge is 0.310 e. The Kier molecular flexibility index (Phi) is 1.63. The Hall–Kier alpha value is -1.36. The minimum absolute atomic E-state index is 0.441. The van der Waals surface area contributed by atoms with Gasteiger partial charge in [0.2, 0.25) is 5.91 Å². The summed E-state index contributed by atoms with van der Waals surface area (Å²) in [6.45, 7) is 0. The van der Waals surface area contributed by atoms with Crippen molar-refractivity contribution in [3.05, 3.63) is 12.2 Å². The zero-order valence-corrected chi connectivity index (χ0v) is 6.71. The van der Waals surface area contributed by atoms with E-state index in [1.807, 2.05) is 0 Å². The average Bonchev–Trinajstić information content (AvgIpc) is 2.60. The molecule has 1 amide bonds. The standard InChI is InChI=1S/C8H9NO4/c9-7(10)5-3-1-2-4(13-3)6(5)8(11)12/h1-6H,(H2,9,10)(H,11,12)/t3-,4+,5?,6?/m0/s1. The maximum absolute atomic E-state index is 11.0. The Balaban J connectivity index is 2.30. The second kappa shape index (κ2) is 2.56. The molecule has 0 aromatic heterocycles. The Labute approximate surface area is 74.2 Å². The molecule has 0 saturated carbocycles. The maximum atomic E-state index is 11.0. The first-order valence-corrected chi connectivity index (χ1v) is 3.97. The van der Waals surface area contributed by atoms with Crippen molar-refractivity contribution in [1.82, 2.24) is 0 Å². The third kappa shape index (κ3) is 1.04. The molecule has 2 rings (SSSR count). The summed E-state index contributed by atoms with van der Waals surface area (Å²) < 4.78 is 5.23. The van der Waals surface area contributed by atoms with Gasteiger partial charge in [0.05, 0.1) is 18.1 Å². The quantitative estimate of drug-likeness (QED) is 0.544. The minimum atomic E-state index is -1.03. The predicted octanol–water partition coefficient (Wildman–Crippen LogP) is -0.874. The Morgan fingerprint density at radius 3 is 2.15 bits per heavy atom. The van der Waals surface area contributed by atoms with Crippen LogP contribution in [0.4, 0.5) is 0 Å². The third-order valence-corrected chi connectivity index (χ3v) is 2.51. The van der Waals surface area contributed by atoms with Crippen LogP contribution in [0.25, 0.3) is 0 Å². The molecule has 13 heavy (non-hydrogen) atoms. The molecule has 2 unspecified atom stereocenters. The molecule has 3 N–H and O–H groups in total. The normalized spacial score (nSPS) is 40.9. The van der Waals surface area contributed by atoms with Crippen LogP contribution in [0, 0.1) is 11.8 Å². The fraction of sp³-hybridized carbons (Fsp3) is 0.500. The summed E-state index contributed by atoms with van der Waals surface area (Å²) in [4.78, 5) is 21.7. The highest BCUT2D eigenvalue weighted by Gasteiger charge is 2.52. The van der Waals surface area contributed by atoms with Crippen LogP contribution >= 0.6 is 0 Å². The van der Waals surface area contributed by atoms with Gasteiger partial charge in [-0.05, 0) is 0 Å². The third-order valence-electron chi connectivity index (χ3n) is 2.51. The first-order valence-electron chi connectivity index (χ1n) is 3.97. The molecule has 1 saturated heterocycles. The number of ether oxygens (including phenoxy) is 1. The van der Waals surface area contributed by atoms with Gasteiger partial charge in [0.1, 0.15) is 5.92 Å². The van der Waals surface area contributed by atoms with E-state index >= 15 is 0 Å². The van der Waals surface area contributed by atoms with Crippen LogP contribution < -0.4 is 5.73 Å². The van der Waals surface area contributed by atoms with E-state index in [1.165, 1.54) is 0 Å². The Morgan fingerprint density at radius 2 is 1.77 bits per heavy atom. The molecular formula is C8H9NO4. The molecule has 0 radical (unpaired) electrons. The zero-order valence-electron chi connectivity index (χ0n) is 6.71. The average molecular weight is 183 g/mol. The van der Waals surface area contributed by atoms with Gasteiger partial charge in [-0.1, -0.05) is 12.2 Å². The van der Waals surface area contributed by atoms with Crippen LogP contribution in [0.2, 0.25) is 0 Å². The molecule has 0 aromatic rings. The molecule has 2 bridgehead atoms. The molecule has 2 aliphatic rings. The topological polar surface area (TPSA) is 89.6 Å². The fourth-order valence-electron chi connectivity index (χ4n) is 1.94. The van der Waals surface area contributed by atoms with Crippen molar-refractivity contribution in [2.75, 3.05) is 0 Å². The van der Waals surface area contributed by atoms with Gasteiger partial charge >= 0.3 is 5.97 Å². The molecular weight excluding hydrogens is 174 g/mol. The van der Waals surface area contributed by atoms with Gasteiger partial charge in [-0.3, -0.25) is 9.59 Å². The maximum Gasteiger partial charge on any atom is 0.310 e. The van der Waals surface area contributed by atoms with Crippen LogP contribution in [0.15, 0.2) is 12.2 Å². The van der Waals surface area contributed by atoms with Crippen LogP contribution in [-0.4, -0.2) is 29.2 Å². The van der Waals surface area contributed by atoms with Crippen molar-refractivity contribution in [1.29, 1.82) is 0 Å². The zero-order chi connectivity index (χ0) is 9.59. The number of carbonyl (C=O) groups excluding carboxylic acids is 1.